The lowest BCUT2D eigenvalue weighted by Gasteiger charge is -2.39. The zero-order valence-electron chi connectivity index (χ0n) is 20.5. The normalized spacial score (nSPS) is 20.5. The van der Waals surface area contributed by atoms with E-state index in [-0.39, 0.29) is 23.3 Å². The molecule has 0 radical (unpaired) electrons. The van der Waals surface area contributed by atoms with Crippen molar-refractivity contribution in [3.05, 3.63) is 56.9 Å². The van der Waals surface area contributed by atoms with E-state index in [9.17, 15) is 32.1 Å². The average molecular weight is 526 g/mol. The number of benzene rings is 2. The highest BCUT2D eigenvalue weighted by Crippen LogP contribution is 2.40. The Bertz CT molecular complexity index is 1200. The molecule has 2 aromatic carbocycles. The number of nitro benzene ring substituents is 1. The van der Waals surface area contributed by atoms with E-state index >= 15 is 0 Å². The number of halogens is 5. The predicted molar refractivity (Wildman–Crippen MR) is 132 cm³/mol. The van der Waals surface area contributed by atoms with Crippen LogP contribution in [0.1, 0.15) is 57.9 Å². The summed E-state index contributed by atoms with van der Waals surface area (Å²) < 4.78 is 68.6. The fraction of sp³-hybridized carbons (Fsp3) is 0.480. The number of hydrazone groups is 1. The summed E-state index contributed by atoms with van der Waals surface area (Å²) in [4.78, 5) is 15.7. The Morgan fingerprint density at radius 3 is 1.89 bits per heavy atom. The monoisotopic (exact) mass is 525 g/mol. The highest BCUT2D eigenvalue weighted by atomic mass is 19.2. The SMILES string of the molecule is C[C@@H]1CCCCN1c1cc(N2CCCC[C@H]2C)c([N+](=O)[O-])cc1/C=N\Nc1c(F)c(F)c(F)c(F)c1F. The van der Waals surface area contributed by atoms with E-state index < -0.39 is 39.7 Å². The van der Waals surface area contributed by atoms with Crippen LogP contribution in [0.4, 0.5) is 44.7 Å². The summed E-state index contributed by atoms with van der Waals surface area (Å²) in [5.74, 6) is -10.6. The summed E-state index contributed by atoms with van der Waals surface area (Å²) in [7, 11) is 0. The lowest BCUT2D eigenvalue weighted by Crippen LogP contribution is -2.40. The van der Waals surface area contributed by atoms with Crippen LogP contribution in [-0.4, -0.2) is 36.3 Å². The van der Waals surface area contributed by atoms with Crippen molar-refractivity contribution in [1.82, 2.24) is 0 Å². The minimum Gasteiger partial charge on any atom is -0.368 e. The molecule has 0 spiro atoms. The van der Waals surface area contributed by atoms with Gasteiger partial charge in [-0.3, -0.25) is 15.5 Å². The summed E-state index contributed by atoms with van der Waals surface area (Å²) in [6, 6.07) is 3.32. The molecule has 2 aromatic rings. The van der Waals surface area contributed by atoms with Crippen LogP contribution in [0.3, 0.4) is 0 Å². The van der Waals surface area contributed by atoms with Crippen molar-refractivity contribution < 1.29 is 26.9 Å². The van der Waals surface area contributed by atoms with Crippen molar-refractivity contribution >= 4 is 29.0 Å². The van der Waals surface area contributed by atoms with Gasteiger partial charge in [-0.25, -0.2) is 22.0 Å². The van der Waals surface area contributed by atoms with Gasteiger partial charge in [0.2, 0.25) is 5.82 Å². The quantitative estimate of drug-likeness (QED) is 0.117. The van der Waals surface area contributed by atoms with Crippen molar-refractivity contribution in [2.75, 3.05) is 28.3 Å². The fourth-order valence-electron chi connectivity index (χ4n) is 5.09. The molecule has 2 fully saturated rings. The number of anilines is 3. The largest absolute Gasteiger partial charge is 0.368 e. The lowest BCUT2D eigenvalue weighted by atomic mass is 9.98. The van der Waals surface area contributed by atoms with Gasteiger partial charge in [-0.2, -0.15) is 5.10 Å². The molecular weight excluding hydrogens is 497 g/mol. The van der Waals surface area contributed by atoms with Crippen molar-refractivity contribution in [3.63, 3.8) is 0 Å². The first kappa shape index (κ1) is 26.6. The number of piperidine rings is 2. The average Bonchev–Trinajstić information content (AvgIpc) is 2.88. The Labute approximate surface area is 211 Å². The number of hydrogen-bond donors (Lipinski definition) is 1. The van der Waals surface area contributed by atoms with Crippen LogP contribution >= 0.6 is 0 Å². The van der Waals surface area contributed by atoms with Gasteiger partial charge in [-0.1, -0.05) is 0 Å². The van der Waals surface area contributed by atoms with Crippen molar-refractivity contribution in [2.45, 2.75) is 64.5 Å². The summed E-state index contributed by atoms with van der Waals surface area (Å²) in [6.07, 6.45) is 6.81. The molecule has 2 atom stereocenters. The molecule has 0 aromatic heterocycles. The topological polar surface area (TPSA) is 74.0 Å². The van der Waals surface area contributed by atoms with Gasteiger partial charge >= 0.3 is 0 Å². The molecule has 2 aliphatic heterocycles. The van der Waals surface area contributed by atoms with E-state index in [0.29, 0.717) is 24.5 Å². The fourth-order valence-corrected chi connectivity index (χ4v) is 5.09. The first-order valence-electron chi connectivity index (χ1n) is 12.3. The molecule has 12 heteroatoms. The van der Waals surface area contributed by atoms with Crippen molar-refractivity contribution in [3.8, 4) is 0 Å². The number of hydrogen-bond acceptors (Lipinski definition) is 6. The van der Waals surface area contributed by atoms with Crippen LogP contribution in [0.15, 0.2) is 17.2 Å². The molecule has 7 nitrogen and oxygen atoms in total. The first-order chi connectivity index (χ1) is 17.6. The molecule has 0 bridgehead atoms. The Balaban J connectivity index is 1.79. The molecule has 200 valence electrons. The van der Waals surface area contributed by atoms with Gasteiger partial charge in [0.25, 0.3) is 5.69 Å². The molecule has 4 rings (SSSR count). The van der Waals surface area contributed by atoms with E-state index in [4.69, 9.17) is 0 Å². The number of nitrogens with zero attached hydrogens (tertiary/aromatic N) is 4. The van der Waals surface area contributed by atoms with E-state index in [1.165, 1.54) is 6.07 Å². The van der Waals surface area contributed by atoms with E-state index in [0.717, 1.165) is 44.7 Å². The Hall–Kier alpha value is -3.44. The second-order valence-electron chi connectivity index (χ2n) is 9.55. The second kappa shape index (κ2) is 10.9. The van der Waals surface area contributed by atoms with Crippen LogP contribution in [0.25, 0.3) is 0 Å². The third-order valence-corrected chi connectivity index (χ3v) is 7.14. The molecular formula is C25H28F5N5O2. The number of nitrogens with one attached hydrogen (secondary N) is 1. The zero-order valence-corrected chi connectivity index (χ0v) is 20.5. The maximum Gasteiger partial charge on any atom is 0.293 e. The third-order valence-electron chi connectivity index (χ3n) is 7.14. The molecule has 1 N–H and O–H groups in total. The summed E-state index contributed by atoms with van der Waals surface area (Å²) >= 11 is 0. The highest BCUT2D eigenvalue weighted by molar-refractivity contribution is 5.92. The maximum absolute atomic E-state index is 14.1. The van der Waals surface area contributed by atoms with Gasteiger partial charge in [-0.15, -0.1) is 0 Å². The predicted octanol–water partition coefficient (Wildman–Crippen LogP) is 6.49. The Kier molecular flexibility index (Phi) is 7.84. The standard InChI is InChI=1S/C25H28F5N5O2/c1-14-7-3-5-9-33(14)17-12-18(34-10-6-4-8-15(34)2)19(35(36)37)11-16(17)13-31-32-25-23(29)21(27)20(26)22(28)24(25)30/h11-15,32H,3-10H2,1-2H3/b31-13-/t14-,15-/m1/s1. The molecule has 0 aliphatic carbocycles. The van der Waals surface area contributed by atoms with Crippen LogP contribution in [0.2, 0.25) is 0 Å². The van der Waals surface area contributed by atoms with Gasteiger partial charge in [0.05, 0.1) is 11.1 Å². The molecule has 0 amide bonds. The molecule has 37 heavy (non-hydrogen) atoms. The first-order valence-corrected chi connectivity index (χ1v) is 12.3. The zero-order chi connectivity index (χ0) is 26.9. The maximum atomic E-state index is 14.1. The minimum atomic E-state index is -2.27. The van der Waals surface area contributed by atoms with Crippen molar-refractivity contribution in [2.24, 2.45) is 5.10 Å². The second-order valence-corrected chi connectivity index (χ2v) is 9.55. The number of rotatable bonds is 6. The van der Waals surface area contributed by atoms with Gasteiger partial charge in [-0.05, 0) is 58.4 Å². The summed E-state index contributed by atoms with van der Waals surface area (Å²) in [5.41, 5.74) is 1.83. The van der Waals surface area contributed by atoms with E-state index in [1.54, 1.807) is 6.07 Å². The molecule has 0 saturated carbocycles. The molecule has 2 saturated heterocycles. The van der Waals surface area contributed by atoms with Crippen LogP contribution in [0.5, 0.6) is 0 Å². The van der Waals surface area contributed by atoms with Gasteiger partial charge in [0.15, 0.2) is 23.3 Å². The molecule has 2 heterocycles. The minimum absolute atomic E-state index is 0.106. The van der Waals surface area contributed by atoms with Crippen LogP contribution in [-0.2, 0) is 0 Å². The lowest BCUT2D eigenvalue weighted by molar-refractivity contribution is -0.384. The summed E-state index contributed by atoms with van der Waals surface area (Å²) in [5, 5.41) is 15.8. The molecule has 0 unspecified atom stereocenters. The van der Waals surface area contributed by atoms with Gasteiger partial charge in [0.1, 0.15) is 11.4 Å². The number of nitro groups is 1. The van der Waals surface area contributed by atoms with E-state index in [2.05, 4.69) is 10.0 Å². The van der Waals surface area contributed by atoms with Gasteiger partial charge in [0, 0.05) is 42.5 Å². The van der Waals surface area contributed by atoms with Gasteiger partial charge < -0.3 is 9.80 Å². The van der Waals surface area contributed by atoms with E-state index in [1.807, 2.05) is 24.2 Å². The Morgan fingerprint density at radius 2 is 1.38 bits per heavy atom. The Morgan fingerprint density at radius 1 is 0.865 bits per heavy atom. The third kappa shape index (κ3) is 5.19. The van der Waals surface area contributed by atoms with Crippen LogP contribution < -0.4 is 15.2 Å². The van der Waals surface area contributed by atoms with Crippen LogP contribution in [0, 0.1) is 39.2 Å². The molecule has 2 aliphatic rings. The highest BCUT2D eigenvalue weighted by Gasteiger charge is 2.30. The van der Waals surface area contributed by atoms with Crippen molar-refractivity contribution in [1.29, 1.82) is 0 Å². The summed E-state index contributed by atoms with van der Waals surface area (Å²) in [6.45, 7) is 5.43. The smallest absolute Gasteiger partial charge is 0.293 e.